The van der Waals surface area contributed by atoms with Crippen LogP contribution in [0.15, 0.2) is 18.2 Å². The highest BCUT2D eigenvalue weighted by Crippen LogP contribution is 2.28. The lowest BCUT2D eigenvalue weighted by Gasteiger charge is -2.32. The van der Waals surface area contributed by atoms with Crippen molar-refractivity contribution in [3.63, 3.8) is 0 Å². The summed E-state index contributed by atoms with van der Waals surface area (Å²) in [6.45, 7) is 6.47. The highest BCUT2D eigenvalue weighted by Gasteiger charge is 2.25. The maximum absolute atomic E-state index is 12.3. The van der Waals surface area contributed by atoms with Gasteiger partial charge in [0.15, 0.2) is 0 Å². The van der Waals surface area contributed by atoms with Crippen molar-refractivity contribution >= 4 is 11.6 Å². The molecular weight excluding hydrogens is 250 g/mol. The molecule has 20 heavy (non-hydrogen) atoms. The first-order valence-corrected chi connectivity index (χ1v) is 7.37. The van der Waals surface area contributed by atoms with Crippen molar-refractivity contribution in [2.24, 2.45) is 17.7 Å². The van der Waals surface area contributed by atoms with Gasteiger partial charge < -0.3 is 10.7 Å². The molecule has 4 nitrogen and oxygen atoms in total. The van der Waals surface area contributed by atoms with Gasteiger partial charge in [-0.25, -0.2) is 0 Å². The number of aryl methyl sites for hydroxylation is 1. The molecule has 0 spiro atoms. The van der Waals surface area contributed by atoms with E-state index in [2.05, 4.69) is 24.6 Å². The van der Waals surface area contributed by atoms with Gasteiger partial charge in [0.1, 0.15) is 0 Å². The number of nitrogens with two attached hydrogens (primary N) is 1. The molecule has 4 N–H and O–H groups in total. The second kappa shape index (κ2) is 6.27. The molecule has 0 aliphatic heterocycles. The van der Waals surface area contributed by atoms with Crippen LogP contribution in [0.4, 0.5) is 5.69 Å². The molecule has 0 saturated heterocycles. The molecule has 110 valence electrons. The second-order valence-corrected chi connectivity index (χ2v) is 6.26. The quantitative estimate of drug-likeness (QED) is 0.587. The van der Waals surface area contributed by atoms with Gasteiger partial charge in [-0.3, -0.25) is 10.6 Å². The summed E-state index contributed by atoms with van der Waals surface area (Å²) in [5.74, 6) is 6.80. The zero-order chi connectivity index (χ0) is 14.7. The molecule has 1 amide bonds. The molecule has 0 aromatic heterocycles. The number of carbonyl (C=O) groups is 1. The Morgan fingerprint density at radius 1 is 1.20 bits per heavy atom. The van der Waals surface area contributed by atoms with Gasteiger partial charge in [0.25, 0.3) is 5.91 Å². The molecule has 1 fully saturated rings. The Balaban J connectivity index is 2.02. The summed E-state index contributed by atoms with van der Waals surface area (Å²) >= 11 is 0. The minimum atomic E-state index is 0.0166. The fourth-order valence-electron chi connectivity index (χ4n) is 3.30. The van der Waals surface area contributed by atoms with E-state index < -0.39 is 0 Å². The van der Waals surface area contributed by atoms with Crippen molar-refractivity contribution in [3.05, 3.63) is 29.3 Å². The van der Waals surface area contributed by atoms with E-state index in [1.165, 1.54) is 6.42 Å². The van der Waals surface area contributed by atoms with Crippen LogP contribution in [0.25, 0.3) is 0 Å². The minimum Gasteiger partial charge on any atom is -0.349 e. The Bertz CT molecular complexity index is 477. The maximum atomic E-state index is 12.3. The third-order valence-electron chi connectivity index (χ3n) is 4.16. The van der Waals surface area contributed by atoms with Gasteiger partial charge in [-0.1, -0.05) is 13.8 Å². The molecule has 0 heterocycles. The lowest BCUT2D eigenvalue weighted by Crippen LogP contribution is -2.40. The molecule has 1 aromatic rings. The van der Waals surface area contributed by atoms with E-state index >= 15 is 0 Å². The molecule has 4 heteroatoms. The molecule has 2 unspecified atom stereocenters. The van der Waals surface area contributed by atoms with Gasteiger partial charge in [-0.15, -0.1) is 0 Å². The Hall–Kier alpha value is -1.55. The number of amides is 1. The number of hydrogen-bond acceptors (Lipinski definition) is 3. The summed E-state index contributed by atoms with van der Waals surface area (Å²) in [6.07, 6.45) is 3.43. The standard InChI is InChI=1S/C16H25N3O/c1-10-6-11(2)8-14(7-10)18-16(20)13-4-5-15(19-17)12(3)9-13/h4-5,9-11,14,19H,6-8,17H2,1-3H3,(H,18,20). The maximum Gasteiger partial charge on any atom is 0.251 e. The predicted octanol–water partition coefficient (Wildman–Crippen LogP) is 2.84. The summed E-state index contributed by atoms with van der Waals surface area (Å²) in [4.78, 5) is 12.3. The fraction of sp³-hybridized carbons (Fsp3) is 0.562. The van der Waals surface area contributed by atoms with Crippen molar-refractivity contribution in [1.82, 2.24) is 5.32 Å². The smallest absolute Gasteiger partial charge is 0.251 e. The zero-order valence-electron chi connectivity index (χ0n) is 12.6. The van der Waals surface area contributed by atoms with Crippen molar-refractivity contribution in [3.8, 4) is 0 Å². The zero-order valence-corrected chi connectivity index (χ0v) is 12.6. The van der Waals surface area contributed by atoms with Crippen LogP contribution >= 0.6 is 0 Å². The number of nitrogen functional groups attached to an aromatic ring is 1. The predicted molar refractivity (Wildman–Crippen MR) is 82.4 cm³/mol. The van der Waals surface area contributed by atoms with Crippen LogP contribution in [0.1, 0.15) is 49.0 Å². The Labute approximate surface area is 121 Å². The van der Waals surface area contributed by atoms with Crippen LogP contribution in [-0.2, 0) is 0 Å². The van der Waals surface area contributed by atoms with E-state index in [1.807, 2.05) is 25.1 Å². The summed E-state index contributed by atoms with van der Waals surface area (Å²) in [7, 11) is 0. The van der Waals surface area contributed by atoms with Gasteiger partial charge in [0, 0.05) is 11.6 Å². The third-order valence-corrected chi connectivity index (χ3v) is 4.16. The van der Waals surface area contributed by atoms with Crippen LogP contribution in [0.3, 0.4) is 0 Å². The van der Waals surface area contributed by atoms with Crippen molar-refractivity contribution in [1.29, 1.82) is 0 Å². The van der Waals surface area contributed by atoms with Crippen LogP contribution in [0.5, 0.6) is 0 Å². The number of rotatable bonds is 3. The Morgan fingerprint density at radius 2 is 1.85 bits per heavy atom. The first-order valence-electron chi connectivity index (χ1n) is 7.37. The van der Waals surface area contributed by atoms with E-state index in [-0.39, 0.29) is 5.91 Å². The van der Waals surface area contributed by atoms with E-state index in [9.17, 15) is 4.79 Å². The molecule has 0 radical (unpaired) electrons. The lowest BCUT2D eigenvalue weighted by molar-refractivity contribution is 0.0911. The summed E-state index contributed by atoms with van der Waals surface area (Å²) in [5.41, 5.74) is 5.15. The van der Waals surface area contributed by atoms with E-state index in [1.54, 1.807) is 0 Å². The van der Waals surface area contributed by atoms with Gasteiger partial charge >= 0.3 is 0 Å². The minimum absolute atomic E-state index is 0.0166. The van der Waals surface area contributed by atoms with Gasteiger partial charge in [0.2, 0.25) is 0 Å². The molecular formula is C16H25N3O. The Kier molecular flexibility index (Phi) is 4.65. The van der Waals surface area contributed by atoms with Crippen LogP contribution in [0, 0.1) is 18.8 Å². The summed E-state index contributed by atoms with van der Waals surface area (Å²) < 4.78 is 0. The topological polar surface area (TPSA) is 67.2 Å². The summed E-state index contributed by atoms with van der Waals surface area (Å²) in [6, 6.07) is 5.83. The molecule has 1 saturated carbocycles. The third kappa shape index (κ3) is 3.51. The number of hydrazine groups is 1. The average Bonchev–Trinajstić information content (AvgIpc) is 2.37. The fourth-order valence-corrected chi connectivity index (χ4v) is 3.30. The van der Waals surface area contributed by atoms with Crippen LogP contribution in [0.2, 0.25) is 0 Å². The number of benzene rings is 1. The highest BCUT2D eigenvalue weighted by molar-refractivity contribution is 5.95. The molecule has 1 aromatic carbocycles. The van der Waals surface area contributed by atoms with E-state index in [0.717, 1.165) is 24.1 Å². The number of carbonyl (C=O) groups excluding carboxylic acids is 1. The van der Waals surface area contributed by atoms with Crippen molar-refractivity contribution in [2.75, 3.05) is 5.43 Å². The normalized spacial score (nSPS) is 26.1. The first-order chi connectivity index (χ1) is 9.49. The average molecular weight is 275 g/mol. The number of hydrogen-bond donors (Lipinski definition) is 3. The van der Waals surface area contributed by atoms with Crippen molar-refractivity contribution in [2.45, 2.75) is 46.1 Å². The molecule has 1 aliphatic rings. The highest BCUT2D eigenvalue weighted by atomic mass is 16.1. The van der Waals surface area contributed by atoms with E-state index in [0.29, 0.717) is 23.4 Å². The molecule has 1 aliphatic carbocycles. The van der Waals surface area contributed by atoms with Gasteiger partial charge in [0.05, 0.1) is 5.69 Å². The molecule has 2 atom stereocenters. The second-order valence-electron chi connectivity index (χ2n) is 6.26. The summed E-state index contributed by atoms with van der Waals surface area (Å²) in [5, 5.41) is 3.17. The van der Waals surface area contributed by atoms with Crippen LogP contribution in [-0.4, -0.2) is 11.9 Å². The molecule has 0 bridgehead atoms. The van der Waals surface area contributed by atoms with Crippen molar-refractivity contribution < 1.29 is 4.79 Å². The largest absolute Gasteiger partial charge is 0.349 e. The monoisotopic (exact) mass is 275 g/mol. The first kappa shape index (κ1) is 14.9. The molecule has 2 rings (SSSR count). The van der Waals surface area contributed by atoms with Gasteiger partial charge in [-0.2, -0.15) is 0 Å². The van der Waals surface area contributed by atoms with Gasteiger partial charge in [-0.05, 0) is 61.8 Å². The number of nitrogens with one attached hydrogen (secondary N) is 2. The van der Waals surface area contributed by atoms with Crippen LogP contribution < -0.4 is 16.6 Å². The Morgan fingerprint density at radius 3 is 2.40 bits per heavy atom. The lowest BCUT2D eigenvalue weighted by atomic mass is 9.80. The SMILES string of the molecule is Cc1cc(C(=O)NC2CC(C)CC(C)C2)ccc1NN. The number of anilines is 1. The van der Waals surface area contributed by atoms with E-state index in [4.69, 9.17) is 5.84 Å².